The average Bonchev–Trinajstić information content (AvgIpc) is 2.19. The highest BCUT2D eigenvalue weighted by molar-refractivity contribution is 5.91. The lowest BCUT2D eigenvalue weighted by atomic mass is 10.0. The molecule has 18 heavy (non-hydrogen) atoms. The maximum atomic E-state index is 12.6. The van der Waals surface area contributed by atoms with E-state index in [2.05, 4.69) is 5.32 Å². The van der Waals surface area contributed by atoms with E-state index in [1.54, 1.807) is 0 Å². The van der Waals surface area contributed by atoms with Crippen LogP contribution in [0, 0.1) is 5.82 Å². The zero-order chi connectivity index (χ0) is 14.0. The molecule has 1 aromatic carbocycles. The zero-order valence-electron chi connectivity index (χ0n) is 9.38. The number of carbonyl (C=O) groups excluding carboxylic acids is 1. The molecule has 2 N–H and O–H groups in total. The topological polar surface area (TPSA) is 49.3 Å². The van der Waals surface area contributed by atoms with Gasteiger partial charge in [0.25, 0.3) is 0 Å². The van der Waals surface area contributed by atoms with Crippen molar-refractivity contribution in [1.82, 2.24) is 0 Å². The van der Waals surface area contributed by atoms with Gasteiger partial charge in [-0.2, -0.15) is 13.2 Å². The Balaban J connectivity index is 2.65. The van der Waals surface area contributed by atoms with Crippen LogP contribution in [-0.2, 0) is 4.79 Å². The van der Waals surface area contributed by atoms with Crippen molar-refractivity contribution in [3.63, 3.8) is 0 Å². The van der Waals surface area contributed by atoms with Crippen molar-refractivity contribution >= 4 is 11.6 Å². The van der Waals surface area contributed by atoms with Crippen molar-refractivity contribution in [2.45, 2.75) is 25.1 Å². The molecule has 1 rings (SSSR count). The van der Waals surface area contributed by atoms with E-state index in [0.717, 1.165) is 12.1 Å². The van der Waals surface area contributed by atoms with E-state index in [0.29, 0.717) is 6.92 Å². The lowest BCUT2D eigenvalue weighted by molar-refractivity contribution is -0.252. The summed E-state index contributed by atoms with van der Waals surface area (Å²) in [7, 11) is 0. The Morgan fingerprint density at radius 2 is 1.78 bits per heavy atom. The van der Waals surface area contributed by atoms with Crippen LogP contribution in [0.1, 0.15) is 13.3 Å². The summed E-state index contributed by atoms with van der Waals surface area (Å²) < 4.78 is 49.5. The highest BCUT2D eigenvalue weighted by atomic mass is 19.4. The van der Waals surface area contributed by atoms with Crippen LogP contribution < -0.4 is 5.32 Å². The largest absolute Gasteiger partial charge is 0.417 e. The number of carbonyl (C=O) groups is 1. The molecule has 0 heterocycles. The van der Waals surface area contributed by atoms with E-state index in [4.69, 9.17) is 5.11 Å². The summed E-state index contributed by atoms with van der Waals surface area (Å²) in [6.07, 6.45) is -6.03. The quantitative estimate of drug-likeness (QED) is 0.825. The van der Waals surface area contributed by atoms with Gasteiger partial charge < -0.3 is 10.4 Å². The first kappa shape index (κ1) is 14.4. The predicted octanol–water partition coefficient (Wildman–Crippen LogP) is 2.47. The number of nitrogens with one attached hydrogen (secondary N) is 1. The summed E-state index contributed by atoms with van der Waals surface area (Å²) in [5.41, 5.74) is -2.95. The molecule has 1 amide bonds. The average molecular weight is 265 g/mol. The summed E-state index contributed by atoms with van der Waals surface area (Å²) in [6.45, 7) is 0.511. The Morgan fingerprint density at radius 1 is 1.28 bits per heavy atom. The molecule has 1 aromatic rings. The van der Waals surface area contributed by atoms with Gasteiger partial charge in [-0.3, -0.25) is 4.79 Å². The smallest absolute Gasteiger partial charge is 0.380 e. The standard InChI is InChI=1S/C11H11F4NO2/c1-10(18,11(13,14)15)6-9(17)16-8-4-2-7(12)3-5-8/h2-5,18H,6H2,1H3,(H,16,17)/t10-/m1/s1. The lowest BCUT2D eigenvalue weighted by Gasteiger charge is -2.25. The molecule has 0 unspecified atom stereocenters. The van der Waals surface area contributed by atoms with Gasteiger partial charge in [-0.25, -0.2) is 4.39 Å². The number of alkyl halides is 3. The van der Waals surface area contributed by atoms with Gasteiger partial charge in [-0.15, -0.1) is 0 Å². The molecule has 0 aliphatic rings. The molecule has 100 valence electrons. The second kappa shape index (κ2) is 4.93. The molecular formula is C11H11F4NO2. The van der Waals surface area contributed by atoms with Crippen molar-refractivity contribution in [3.05, 3.63) is 30.1 Å². The van der Waals surface area contributed by atoms with Crippen LogP contribution in [0.25, 0.3) is 0 Å². The first-order valence-corrected chi connectivity index (χ1v) is 4.96. The Labute approximate surface area is 100 Å². The minimum atomic E-state index is -4.90. The highest BCUT2D eigenvalue weighted by Gasteiger charge is 2.50. The van der Waals surface area contributed by atoms with Gasteiger partial charge in [-0.1, -0.05) is 0 Å². The molecule has 0 aliphatic heterocycles. The van der Waals surface area contributed by atoms with Crippen molar-refractivity contribution in [2.24, 2.45) is 0 Å². The number of rotatable bonds is 3. The fourth-order valence-electron chi connectivity index (χ4n) is 1.15. The zero-order valence-corrected chi connectivity index (χ0v) is 9.38. The molecule has 0 spiro atoms. The molecule has 0 saturated heterocycles. The second-order valence-electron chi connectivity index (χ2n) is 4.00. The van der Waals surface area contributed by atoms with Crippen molar-refractivity contribution < 1.29 is 27.5 Å². The molecule has 0 aliphatic carbocycles. The van der Waals surface area contributed by atoms with Gasteiger partial charge in [0.05, 0.1) is 6.42 Å². The van der Waals surface area contributed by atoms with E-state index in [1.807, 2.05) is 0 Å². The SMILES string of the molecule is C[C@@](O)(CC(=O)Nc1ccc(F)cc1)C(F)(F)F. The third-order valence-electron chi connectivity index (χ3n) is 2.24. The normalized spacial score (nSPS) is 15.0. The van der Waals surface area contributed by atoms with Crippen molar-refractivity contribution in [2.75, 3.05) is 5.32 Å². The van der Waals surface area contributed by atoms with Crippen LogP contribution in [0.15, 0.2) is 24.3 Å². The van der Waals surface area contributed by atoms with Crippen molar-refractivity contribution in [1.29, 1.82) is 0 Å². The molecule has 0 aromatic heterocycles. The van der Waals surface area contributed by atoms with E-state index < -0.39 is 29.9 Å². The van der Waals surface area contributed by atoms with E-state index in [1.165, 1.54) is 12.1 Å². The van der Waals surface area contributed by atoms with E-state index in [9.17, 15) is 22.4 Å². The molecule has 0 bridgehead atoms. The summed E-state index contributed by atoms with van der Waals surface area (Å²) in [5, 5.41) is 11.2. The highest BCUT2D eigenvalue weighted by Crippen LogP contribution is 2.32. The summed E-state index contributed by atoms with van der Waals surface area (Å²) >= 11 is 0. The van der Waals surface area contributed by atoms with Crippen LogP contribution in [0.2, 0.25) is 0 Å². The van der Waals surface area contributed by atoms with Crippen molar-refractivity contribution in [3.8, 4) is 0 Å². The fourth-order valence-corrected chi connectivity index (χ4v) is 1.15. The molecule has 0 fully saturated rings. The van der Waals surface area contributed by atoms with E-state index in [-0.39, 0.29) is 5.69 Å². The Bertz CT molecular complexity index is 426. The summed E-state index contributed by atoms with van der Waals surface area (Å²) in [5.74, 6) is -1.54. The Morgan fingerprint density at radius 3 is 2.22 bits per heavy atom. The monoisotopic (exact) mass is 265 g/mol. The molecular weight excluding hydrogens is 254 g/mol. The van der Waals surface area contributed by atoms with Crippen LogP contribution >= 0.6 is 0 Å². The first-order valence-electron chi connectivity index (χ1n) is 4.96. The molecule has 0 radical (unpaired) electrons. The summed E-state index contributed by atoms with van der Waals surface area (Å²) in [6, 6.07) is 4.51. The third-order valence-corrected chi connectivity index (χ3v) is 2.24. The van der Waals surface area contributed by atoms with Gasteiger partial charge in [0, 0.05) is 5.69 Å². The summed E-state index contributed by atoms with van der Waals surface area (Å²) in [4.78, 5) is 11.3. The third kappa shape index (κ3) is 3.69. The van der Waals surface area contributed by atoms with Gasteiger partial charge >= 0.3 is 6.18 Å². The minimum absolute atomic E-state index is 0.152. The first-order chi connectivity index (χ1) is 8.12. The molecule has 0 saturated carbocycles. The molecule has 3 nitrogen and oxygen atoms in total. The van der Waals surface area contributed by atoms with Crippen LogP contribution in [-0.4, -0.2) is 22.8 Å². The molecule has 1 atom stereocenters. The number of halogens is 4. The van der Waals surface area contributed by atoms with Gasteiger partial charge in [0.2, 0.25) is 5.91 Å². The Hall–Kier alpha value is -1.63. The predicted molar refractivity (Wildman–Crippen MR) is 56.3 cm³/mol. The van der Waals surface area contributed by atoms with E-state index >= 15 is 0 Å². The van der Waals surface area contributed by atoms with Gasteiger partial charge in [-0.05, 0) is 31.2 Å². The number of aliphatic hydroxyl groups is 1. The number of hydrogen-bond acceptors (Lipinski definition) is 2. The Kier molecular flexibility index (Phi) is 3.95. The maximum Gasteiger partial charge on any atom is 0.417 e. The fraction of sp³-hybridized carbons (Fsp3) is 0.364. The number of amides is 1. The van der Waals surface area contributed by atoms with Crippen LogP contribution in [0.5, 0.6) is 0 Å². The lowest BCUT2D eigenvalue weighted by Crippen LogP contribution is -2.44. The van der Waals surface area contributed by atoms with Gasteiger partial charge in [0.15, 0.2) is 5.60 Å². The second-order valence-corrected chi connectivity index (χ2v) is 4.00. The number of benzene rings is 1. The number of hydrogen-bond donors (Lipinski definition) is 2. The van der Waals surface area contributed by atoms with Crippen LogP contribution in [0.4, 0.5) is 23.2 Å². The van der Waals surface area contributed by atoms with Gasteiger partial charge in [0.1, 0.15) is 5.82 Å². The maximum absolute atomic E-state index is 12.6. The molecule has 7 heteroatoms. The number of anilines is 1. The van der Waals surface area contributed by atoms with Crippen LogP contribution in [0.3, 0.4) is 0 Å². The minimum Gasteiger partial charge on any atom is -0.380 e.